The Balaban J connectivity index is 1.37. The van der Waals surface area contributed by atoms with Crippen molar-refractivity contribution in [2.24, 2.45) is 0 Å². The summed E-state index contributed by atoms with van der Waals surface area (Å²) in [4.78, 5) is 27.2. The van der Waals surface area contributed by atoms with Gasteiger partial charge in [-0.1, -0.05) is 28.4 Å². The maximum Gasteiger partial charge on any atom is 0.230 e. The van der Waals surface area contributed by atoms with Gasteiger partial charge in [0.2, 0.25) is 17.6 Å². The van der Waals surface area contributed by atoms with Crippen molar-refractivity contribution in [3.63, 3.8) is 0 Å². The first kappa shape index (κ1) is 19.8. The number of aromatic nitrogens is 4. The monoisotopic (exact) mass is 431 g/mol. The second-order valence-corrected chi connectivity index (χ2v) is 7.88. The van der Waals surface area contributed by atoms with E-state index in [9.17, 15) is 4.79 Å². The van der Waals surface area contributed by atoms with Gasteiger partial charge in [0.15, 0.2) is 0 Å². The van der Waals surface area contributed by atoms with Gasteiger partial charge in [-0.25, -0.2) is 9.97 Å². The summed E-state index contributed by atoms with van der Waals surface area (Å²) in [6.45, 7) is 3.21. The van der Waals surface area contributed by atoms with Gasteiger partial charge >= 0.3 is 0 Å². The van der Waals surface area contributed by atoms with E-state index in [2.05, 4.69) is 20.1 Å². The summed E-state index contributed by atoms with van der Waals surface area (Å²) in [6.07, 6.45) is 5.04. The Hall–Kier alpha value is -2.51. The first-order chi connectivity index (χ1) is 14.0. The zero-order chi connectivity index (χ0) is 20.4. The van der Waals surface area contributed by atoms with E-state index in [0.29, 0.717) is 41.3 Å². The molecule has 1 saturated heterocycles. The van der Waals surface area contributed by atoms with Gasteiger partial charge in [0.05, 0.1) is 22.2 Å². The quantitative estimate of drug-likeness (QED) is 0.618. The molecule has 0 aliphatic carbocycles. The lowest BCUT2D eigenvalue weighted by Gasteiger charge is -2.30. The van der Waals surface area contributed by atoms with Crippen molar-refractivity contribution in [2.45, 2.75) is 32.1 Å². The predicted molar refractivity (Wildman–Crippen MR) is 109 cm³/mol. The first-order valence-electron chi connectivity index (χ1n) is 9.33. The van der Waals surface area contributed by atoms with E-state index in [4.69, 9.17) is 27.7 Å². The van der Waals surface area contributed by atoms with Crippen LogP contribution in [0.15, 0.2) is 35.2 Å². The number of benzene rings is 1. The molecule has 0 N–H and O–H groups in total. The van der Waals surface area contributed by atoms with Crippen molar-refractivity contribution >= 4 is 29.1 Å². The van der Waals surface area contributed by atoms with Gasteiger partial charge in [0.25, 0.3) is 0 Å². The minimum Gasteiger partial charge on any atom is -0.342 e. The van der Waals surface area contributed by atoms with Gasteiger partial charge in [-0.15, -0.1) is 0 Å². The third-order valence-electron chi connectivity index (χ3n) is 5.14. The van der Waals surface area contributed by atoms with Crippen LogP contribution in [0.25, 0.3) is 11.4 Å². The number of carbonyl (C=O) groups is 1. The average Bonchev–Trinajstić information content (AvgIpc) is 3.22. The molecule has 2 aromatic heterocycles. The fourth-order valence-corrected chi connectivity index (χ4v) is 3.69. The van der Waals surface area contributed by atoms with E-state index in [0.717, 1.165) is 29.7 Å². The smallest absolute Gasteiger partial charge is 0.230 e. The number of rotatable bonds is 4. The van der Waals surface area contributed by atoms with Crippen molar-refractivity contribution in [1.82, 2.24) is 25.0 Å². The molecule has 0 atom stereocenters. The van der Waals surface area contributed by atoms with Crippen LogP contribution in [0, 0.1) is 6.92 Å². The lowest BCUT2D eigenvalue weighted by atomic mass is 9.96. The van der Waals surface area contributed by atoms with E-state index in [1.54, 1.807) is 24.4 Å². The van der Waals surface area contributed by atoms with Gasteiger partial charge in [-0.05, 0) is 43.5 Å². The Morgan fingerprint density at radius 1 is 1.24 bits per heavy atom. The Kier molecular flexibility index (Phi) is 5.78. The third kappa shape index (κ3) is 4.41. The number of piperidine rings is 1. The fourth-order valence-electron chi connectivity index (χ4n) is 3.39. The molecule has 1 amide bonds. The fraction of sp³-hybridized carbons (Fsp3) is 0.350. The molecule has 1 aliphatic rings. The molecule has 3 aromatic rings. The maximum absolute atomic E-state index is 12.6. The molecule has 0 saturated carbocycles. The van der Waals surface area contributed by atoms with Gasteiger partial charge in [-0.3, -0.25) is 4.79 Å². The van der Waals surface area contributed by atoms with E-state index >= 15 is 0 Å². The molecular formula is C20H19Cl2N5O2. The number of hydrogen-bond donors (Lipinski definition) is 0. The number of aryl methyl sites for hydroxylation is 1. The van der Waals surface area contributed by atoms with Gasteiger partial charge in [0, 0.05) is 30.8 Å². The summed E-state index contributed by atoms with van der Waals surface area (Å²) in [7, 11) is 0. The molecule has 1 aliphatic heterocycles. The number of likely N-dealkylation sites (tertiary alicyclic amines) is 1. The SMILES string of the molecule is Cc1cncnc1CC(=O)N1CCC(c2nc(-c3ccc(Cl)c(Cl)c3)no2)CC1. The number of amides is 1. The molecule has 1 fully saturated rings. The van der Waals surface area contributed by atoms with E-state index in [-0.39, 0.29) is 11.8 Å². The Bertz CT molecular complexity index is 1030. The molecule has 7 nitrogen and oxygen atoms in total. The lowest BCUT2D eigenvalue weighted by molar-refractivity contribution is -0.131. The van der Waals surface area contributed by atoms with Crippen LogP contribution in [-0.4, -0.2) is 44.0 Å². The summed E-state index contributed by atoms with van der Waals surface area (Å²) in [5.41, 5.74) is 2.45. The molecule has 9 heteroatoms. The van der Waals surface area contributed by atoms with Crippen molar-refractivity contribution in [1.29, 1.82) is 0 Å². The van der Waals surface area contributed by atoms with E-state index in [1.165, 1.54) is 6.33 Å². The topological polar surface area (TPSA) is 85.0 Å². The van der Waals surface area contributed by atoms with E-state index < -0.39 is 0 Å². The minimum absolute atomic E-state index is 0.0762. The average molecular weight is 432 g/mol. The summed E-state index contributed by atoms with van der Waals surface area (Å²) in [5.74, 6) is 1.28. The largest absolute Gasteiger partial charge is 0.342 e. The van der Waals surface area contributed by atoms with Crippen LogP contribution in [0.4, 0.5) is 0 Å². The number of hydrogen-bond acceptors (Lipinski definition) is 6. The van der Waals surface area contributed by atoms with Crippen molar-refractivity contribution in [3.05, 3.63) is 57.9 Å². The highest BCUT2D eigenvalue weighted by molar-refractivity contribution is 6.42. The normalized spacial score (nSPS) is 14.9. The molecule has 150 valence electrons. The zero-order valence-corrected chi connectivity index (χ0v) is 17.3. The highest BCUT2D eigenvalue weighted by atomic mass is 35.5. The number of carbonyl (C=O) groups excluding carboxylic acids is 1. The van der Waals surface area contributed by atoms with Crippen LogP contribution in [0.1, 0.15) is 35.9 Å². The Morgan fingerprint density at radius 3 is 2.76 bits per heavy atom. The minimum atomic E-state index is 0.0762. The summed E-state index contributed by atoms with van der Waals surface area (Å²) in [6, 6.07) is 5.23. The standard InChI is InChI=1S/C20H19Cl2N5O2/c1-12-10-23-11-24-17(12)9-18(28)27-6-4-13(5-7-27)20-25-19(26-29-20)14-2-3-15(21)16(22)8-14/h2-3,8,10-11,13H,4-7,9H2,1H3. The van der Waals surface area contributed by atoms with Crippen LogP contribution in [-0.2, 0) is 11.2 Å². The van der Waals surface area contributed by atoms with Gasteiger partial charge < -0.3 is 9.42 Å². The highest BCUT2D eigenvalue weighted by Gasteiger charge is 2.28. The highest BCUT2D eigenvalue weighted by Crippen LogP contribution is 2.31. The number of nitrogens with zero attached hydrogens (tertiary/aromatic N) is 5. The first-order valence-corrected chi connectivity index (χ1v) is 10.1. The molecular weight excluding hydrogens is 413 g/mol. The van der Waals surface area contributed by atoms with Gasteiger partial charge in [0.1, 0.15) is 6.33 Å². The zero-order valence-electron chi connectivity index (χ0n) is 15.8. The molecule has 4 rings (SSSR count). The molecule has 29 heavy (non-hydrogen) atoms. The van der Waals surface area contributed by atoms with Gasteiger partial charge in [-0.2, -0.15) is 4.98 Å². The van der Waals surface area contributed by atoms with E-state index in [1.807, 2.05) is 11.8 Å². The Morgan fingerprint density at radius 2 is 2.03 bits per heavy atom. The summed E-state index contributed by atoms with van der Waals surface area (Å²) in [5, 5.41) is 5.00. The van der Waals surface area contributed by atoms with Crippen molar-refractivity contribution in [2.75, 3.05) is 13.1 Å². The predicted octanol–water partition coefficient (Wildman–Crippen LogP) is 4.09. The van der Waals surface area contributed by atoms with Crippen LogP contribution in [0.5, 0.6) is 0 Å². The van der Waals surface area contributed by atoms with Crippen molar-refractivity contribution < 1.29 is 9.32 Å². The lowest BCUT2D eigenvalue weighted by Crippen LogP contribution is -2.39. The second kappa shape index (κ2) is 8.47. The molecule has 1 aromatic carbocycles. The summed E-state index contributed by atoms with van der Waals surface area (Å²) < 4.78 is 5.48. The second-order valence-electron chi connectivity index (χ2n) is 7.07. The van der Waals surface area contributed by atoms with Crippen molar-refractivity contribution in [3.8, 4) is 11.4 Å². The molecule has 0 unspecified atom stereocenters. The molecule has 0 spiro atoms. The number of halogens is 2. The van der Waals surface area contributed by atoms with Crippen LogP contribution < -0.4 is 0 Å². The van der Waals surface area contributed by atoms with Crippen LogP contribution >= 0.6 is 23.2 Å². The molecule has 0 bridgehead atoms. The van der Waals surface area contributed by atoms with Crippen LogP contribution in [0.2, 0.25) is 10.0 Å². The Labute approximate surface area is 178 Å². The van der Waals surface area contributed by atoms with Crippen LogP contribution in [0.3, 0.4) is 0 Å². The maximum atomic E-state index is 12.6. The third-order valence-corrected chi connectivity index (χ3v) is 5.88. The summed E-state index contributed by atoms with van der Waals surface area (Å²) >= 11 is 12.0. The molecule has 3 heterocycles. The molecule has 0 radical (unpaired) electrons.